The molecule has 1 aromatic heterocycles. The van der Waals surface area contributed by atoms with Gasteiger partial charge >= 0.3 is 0 Å². The number of carbonyl (C=O) groups is 2. The predicted molar refractivity (Wildman–Crippen MR) is 81.6 cm³/mol. The monoisotopic (exact) mass is 299 g/mol. The van der Waals surface area contributed by atoms with Crippen LogP contribution in [0, 0.1) is 20.8 Å². The number of nitrogens with zero attached hydrogens (tertiary/aromatic N) is 3. The zero-order valence-electron chi connectivity index (χ0n) is 12.7. The average Bonchev–Trinajstić information content (AvgIpc) is 2.82. The Morgan fingerprint density at radius 3 is 2.82 bits per heavy atom. The third kappa shape index (κ3) is 2.57. The smallest absolute Gasteiger partial charge is 0.249 e. The summed E-state index contributed by atoms with van der Waals surface area (Å²) in [4.78, 5) is 28.3. The molecule has 2 heterocycles. The van der Waals surface area contributed by atoms with Gasteiger partial charge in [-0.1, -0.05) is 6.07 Å². The van der Waals surface area contributed by atoms with Gasteiger partial charge in [0.15, 0.2) is 0 Å². The van der Waals surface area contributed by atoms with Crippen molar-refractivity contribution in [1.82, 2.24) is 14.8 Å². The molecule has 0 saturated heterocycles. The Balaban J connectivity index is 1.85. The van der Waals surface area contributed by atoms with Crippen LogP contribution in [0.25, 0.3) is 0 Å². The van der Waals surface area contributed by atoms with Gasteiger partial charge in [-0.3, -0.25) is 14.9 Å². The Kier molecular flexibility index (Phi) is 3.40. The molecule has 0 bridgehead atoms. The number of hydrogen-bond donors (Lipinski definition) is 2. The fourth-order valence-electron chi connectivity index (χ4n) is 2.42. The van der Waals surface area contributed by atoms with E-state index in [1.165, 1.54) is 4.68 Å². The number of nitrogens with one attached hydrogen (secondary N) is 2. The van der Waals surface area contributed by atoms with Crippen LogP contribution < -0.4 is 10.6 Å². The Morgan fingerprint density at radius 1 is 1.32 bits per heavy atom. The molecule has 0 fully saturated rings. The highest BCUT2D eigenvalue weighted by Gasteiger charge is 2.32. The van der Waals surface area contributed by atoms with Gasteiger partial charge in [-0.25, -0.2) is 4.68 Å². The van der Waals surface area contributed by atoms with E-state index in [2.05, 4.69) is 20.7 Å². The summed E-state index contributed by atoms with van der Waals surface area (Å²) in [5.74, 6) is 0.319. The van der Waals surface area contributed by atoms with Crippen LogP contribution in [-0.2, 0) is 9.59 Å². The maximum absolute atomic E-state index is 12.5. The quantitative estimate of drug-likeness (QED) is 0.883. The van der Waals surface area contributed by atoms with E-state index < -0.39 is 6.04 Å². The van der Waals surface area contributed by atoms with Crippen molar-refractivity contribution in [3.8, 4) is 0 Å². The lowest BCUT2D eigenvalue weighted by Crippen LogP contribution is -2.36. The molecule has 2 aromatic rings. The minimum absolute atomic E-state index is 0.0481. The molecule has 1 aliphatic rings. The first-order valence-corrected chi connectivity index (χ1v) is 7.05. The first-order chi connectivity index (χ1) is 10.4. The summed E-state index contributed by atoms with van der Waals surface area (Å²) in [5.41, 5.74) is 2.96. The molecule has 2 amide bonds. The number of fused-ring (bicyclic) bond motifs is 1. The zero-order chi connectivity index (χ0) is 15.9. The highest BCUT2D eigenvalue weighted by atomic mass is 16.2. The van der Waals surface area contributed by atoms with Crippen molar-refractivity contribution in [3.63, 3.8) is 0 Å². The van der Waals surface area contributed by atoms with Crippen LogP contribution in [0.5, 0.6) is 0 Å². The van der Waals surface area contributed by atoms with Crippen molar-refractivity contribution < 1.29 is 9.59 Å². The van der Waals surface area contributed by atoms with Gasteiger partial charge in [-0.2, -0.15) is 10.1 Å². The van der Waals surface area contributed by atoms with Crippen molar-refractivity contribution in [1.29, 1.82) is 0 Å². The maximum Gasteiger partial charge on any atom is 0.249 e. The second-order valence-electron chi connectivity index (χ2n) is 5.48. The van der Waals surface area contributed by atoms with E-state index in [1.807, 2.05) is 32.0 Å². The lowest BCUT2D eigenvalue weighted by atomic mass is 10.1. The Bertz CT molecular complexity index is 765. The number of amides is 2. The van der Waals surface area contributed by atoms with Crippen LogP contribution in [0.2, 0.25) is 0 Å². The molecular formula is C15H17N5O2. The van der Waals surface area contributed by atoms with Crippen molar-refractivity contribution >= 4 is 23.5 Å². The summed E-state index contributed by atoms with van der Waals surface area (Å²) in [6.45, 7) is 5.71. The van der Waals surface area contributed by atoms with Crippen LogP contribution in [-0.4, -0.2) is 26.6 Å². The van der Waals surface area contributed by atoms with E-state index >= 15 is 0 Å². The molecule has 7 heteroatoms. The molecule has 0 radical (unpaired) electrons. The fourth-order valence-corrected chi connectivity index (χ4v) is 2.42. The van der Waals surface area contributed by atoms with Gasteiger partial charge in [-0.15, -0.1) is 0 Å². The molecule has 1 unspecified atom stereocenters. The molecule has 1 atom stereocenters. The van der Waals surface area contributed by atoms with E-state index in [1.54, 1.807) is 6.92 Å². The molecule has 114 valence electrons. The number of carbonyl (C=O) groups excluding carboxylic acids is 2. The number of anilines is 2. The van der Waals surface area contributed by atoms with Crippen LogP contribution in [0.1, 0.15) is 29.4 Å². The summed E-state index contributed by atoms with van der Waals surface area (Å²) in [5, 5.41) is 9.65. The van der Waals surface area contributed by atoms with Crippen molar-refractivity contribution in [2.75, 3.05) is 10.6 Å². The molecule has 1 aliphatic heterocycles. The molecule has 7 nitrogen and oxygen atoms in total. The van der Waals surface area contributed by atoms with Gasteiger partial charge in [0, 0.05) is 5.69 Å². The van der Waals surface area contributed by atoms with Gasteiger partial charge in [0.05, 0.1) is 6.42 Å². The van der Waals surface area contributed by atoms with Gasteiger partial charge < -0.3 is 5.32 Å². The van der Waals surface area contributed by atoms with Crippen LogP contribution >= 0.6 is 0 Å². The molecule has 3 rings (SSSR count). The number of benzene rings is 1. The lowest BCUT2D eigenvalue weighted by molar-refractivity contribution is -0.125. The Hall–Kier alpha value is -2.70. The predicted octanol–water partition coefficient (Wildman–Crippen LogP) is 1.73. The first kappa shape index (κ1) is 14.2. The first-order valence-electron chi connectivity index (χ1n) is 7.05. The van der Waals surface area contributed by atoms with Gasteiger partial charge in [-0.05, 0) is 44.0 Å². The molecule has 22 heavy (non-hydrogen) atoms. The summed E-state index contributed by atoms with van der Waals surface area (Å²) in [6, 6.07) is 5.01. The molecular weight excluding hydrogens is 282 g/mol. The van der Waals surface area contributed by atoms with Crippen LogP contribution in [0.15, 0.2) is 18.2 Å². The maximum atomic E-state index is 12.5. The molecule has 2 N–H and O–H groups in total. The normalized spacial score (nSPS) is 16.9. The standard InChI is InChI=1S/C15H17N5O2/c1-8-4-5-11(6-9(8)2)17-14(22)12-7-13(21)18-15-16-10(3)19-20(12)15/h4-6,12H,7H2,1-3H3,(H,17,22)(H,16,18,19,21). The van der Waals surface area contributed by atoms with Gasteiger partial charge in [0.2, 0.25) is 17.8 Å². The number of aryl methyl sites for hydroxylation is 3. The van der Waals surface area contributed by atoms with Crippen LogP contribution in [0.3, 0.4) is 0 Å². The van der Waals surface area contributed by atoms with Gasteiger partial charge in [0.1, 0.15) is 11.9 Å². The van der Waals surface area contributed by atoms with Crippen molar-refractivity contribution in [2.45, 2.75) is 33.2 Å². The number of hydrogen-bond acceptors (Lipinski definition) is 4. The Labute approximate surface area is 127 Å². The largest absolute Gasteiger partial charge is 0.324 e. The van der Waals surface area contributed by atoms with Crippen LogP contribution in [0.4, 0.5) is 11.6 Å². The molecule has 0 spiro atoms. The fraction of sp³-hybridized carbons (Fsp3) is 0.333. The van der Waals surface area contributed by atoms with E-state index in [-0.39, 0.29) is 18.2 Å². The third-order valence-corrected chi connectivity index (χ3v) is 3.74. The highest BCUT2D eigenvalue weighted by Crippen LogP contribution is 2.24. The average molecular weight is 299 g/mol. The van der Waals surface area contributed by atoms with E-state index in [0.29, 0.717) is 17.5 Å². The SMILES string of the molecule is Cc1nc2n(n1)C(C(=O)Nc1ccc(C)c(C)c1)CC(=O)N2. The zero-order valence-corrected chi connectivity index (χ0v) is 12.7. The van der Waals surface area contributed by atoms with E-state index in [4.69, 9.17) is 0 Å². The van der Waals surface area contributed by atoms with Crippen molar-refractivity contribution in [2.24, 2.45) is 0 Å². The second-order valence-corrected chi connectivity index (χ2v) is 5.48. The Morgan fingerprint density at radius 2 is 2.09 bits per heavy atom. The minimum atomic E-state index is -0.688. The van der Waals surface area contributed by atoms with Crippen molar-refractivity contribution in [3.05, 3.63) is 35.2 Å². The molecule has 0 saturated carbocycles. The topological polar surface area (TPSA) is 88.9 Å². The molecule has 0 aliphatic carbocycles. The summed E-state index contributed by atoms with van der Waals surface area (Å²) >= 11 is 0. The second kappa shape index (κ2) is 5.25. The van der Waals surface area contributed by atoms with E-state index in [9.17, 15) is 9.59 Å². The summed E-state index contributed by atoms with van der Waals surface area (Å²) < 4.78 is 1.47. The molecule has 1 aromatic carbocycles. The highest BCUT2D eigenvalue weighted by molar-refractivity contribution is 6.00. The minimum Gasteiger partial charge on any atom is -0.324 e. The number of aromatic nitrogens is 3. The number of rotatable bonds is 2. The lowest BCUT2D eigenvalue weighted by Gasteiger charge is -2.22. The third-order valence-electron chi connectivity index (χ3n) is 3.74. The summed E-state index contributed by atoms with van der Waals surface area (Å²) in [7, 11) is 0. The summed E-state index contributed by atoms with van der Waals surface area (Å²) in [6.07, 6.45) is 0.0481. The van der Waals surface area contributed by atoms with E-state index in [0.717, 1.165) is 11.1 Å². The van der Waals surface area contributed by atoms with Gasteiger partial charge in [0.25, 0.3) is 0 Å².